The lowest BCUT2D eigenvalue weighted by atomic mass is 9.91. The van der Waals surface area contributed by atoms with Crippen LogP contribution in [0.4, 0.5) is 11.8 Å². The van der Waals surface area contributed by atoms with E-state index in [1.807, 2.05) is 45.1 Å². The van der Waals surface area contributed by atoms with Crippen molar-refractivity contribution in [3.05, 3.63) is 83.3 Å². The van der Waals surface area contributed by atoms with Crippen molar-refractivity contribution in [1.82, 2.24) is 38.7 Å². The van der Waals surface area contributed by atoms with Crippen LogP contribution in [0.1, 0.15) is 62.7 Å². The zero-order valence-electron chi connectivity index (χ0n) is 26.7. The minimum absolute atomic E-state index is 0.0730. The van der Waals surface area contributed by atoms with Gasteiger partial charge in [0, 0.05) is 30.1 Å². The Bertz CT molecular complexity index is 2080. The Kier molecular flexibility index (Phi) is 7.38. The predicted molar refractivity (Wildman–Crippen MR) is 178 cm³/mol. The van der Waals surface area contributed by atoms with E-state index in [2.05, 4.69) is 59.2 Å². The van der Waals surface area contributed by atoms with Crippen molar-refractivity contribution >= 4 is 40.2 Å². The number of hydrogen-bond donors (Lipinski definition) is 1. The van der Waals surface area contributed by atoms with Crippen molar-refractivity contribution in [1.29, 1.82) is 0 Å². The van der Waals surface area contributed by atoms with E-state index in [0.717, 1.165) is 35.6 Å². The summed E-state index contributed by atoms with van der Waals surface area (Å²) in [5, 5.41) is 8.81. The first-order chi connectivity index (χ1) is 22.7. The molecule has 242 valence electrons. The number of halogens is 1. The summed E-state index contributed by atoms with van der Waals surface area (Å²) in [6.45, 7) is 8.06. The number of hydrogen-bond acceptors (Lipinski definition) is 9. The molecule has 13 heteroatoms. The fraction of sp³-hybridized carbons (Fsp3) is 0.382. The van der Waals surface area contributed by atoms with Crippen LogP contribution in [0.5, 0.6) is 11.5 Å². The van der Waals surface area contributed by atoms with E-state index < -0.39 is 0 Å². The predicted octanol–water partition coefficient (Wildman–Crippen LogP) is 6.73. The maximum atomic E-state index is 6.93. The summed E-state index contributed by atoms with van der Waals surface area (Å²) >= 11 is 6.93. The van der Waals surface area contributed by atoms with Gasteiger partial charge in [0.25, 0.3) is 0 Å². The molecule has 0 radical (unpaired) electrons. The third-order valence-corrected chi connectivity index (χ3v) is 9.09. The molecule has 1 unspecified atom stereocenters. The molecule has 5 aromatic heterocycles. The van der Waals surface area contributed by atoms with Gasteiger partial charge in [-0.25, -0.2) is 15.0 Å². The van der Waals surface area contributed by atoms with Crippen LogP contribution in [0.3, 0.4) is 0 Å². The number of pyridine rings is 1. The van der Waals surface area contributed by atoms with Gasteiger partial charge in [-0.2, -0.15) is 10.1 Å². The van der Waals surface area contributed by atoms with Crippen LogP contribution in [-0.4, -0.2) is 58.0 Å². The highest BCUT2D eigenvalue weighted by molar-refractivity contribution is 6.36. The standard InChI is InChI=1S/C34H36ClN9O3/c1-34(2,3)26-12-27(41-44(26)23-18-45-19-25(23)46-17-20-8-6-5-7-9-20)39-33-40-31-30(42(33)4)29(35)24(14-37-31)47-22-13-36-28-15-38-32(21-10-11-21)43(28)16-22/h5-9,12-16,21,23,25H,10-11,17-19H2,1-4H3,(H,37,39,40,41)/t23?,25-/m1/s1. The molecular weight excluding hydrogens is 618 g/mol. The molecule has 1 aromatic carbocycles. The first-order valence-corrected chi connectivity index (χ1v) is 16.2. The van der Waals surface area contributed by atoms with Crippen molar-refractivity contribution < 1.29 is 14.2 Å². The van der Waals surface area contributed by atoms with Gasteiger partial charge in [0.2, 0.25) is 5.95 Å². The highest BCUT2D eigenvalue weighted by Gasteiger charge is 2.35. The monoisotopic (exact) mass is 653 g/mol. The number of rotatable bonds is 9. The second-order valence-corrected chi connectivity index (χ2v) is 13.7. The minimum atomic E-state index is -0.184. The van der Waals surface area contributed by atoms with E-state index in [-0.39, 0.29) is 17.6 Å². The Balaban J connectivity index is 1.06. The van der Waals surface area contributed by atoms with E-state index >= 15 is 0 Å². The summed E-state index contributed by atoms with van der Waals surface area (Å²) in [6.07, 6.45) is 9.09. The third kappa shape index (κ3) is 5.70. The molecule has 1 aliphatic heterocycles. The number of anilines is 2. The van der Waals surface area contributed by atoms with E-state index in [1.165, 1.54) is 0 Å². The van der Waals surface area contributed by atoms with Crippen LogP contribution >= 0.6 is 11.6 Å². The fourth-order valence-electron chi connectivity index (χ4n) is 6.07. The Labute approximate surface area is 276 Å². The van der Waals surface area contributed by atoms with Gasteiger partial charge in [-0.05, 0) is 18.4 Å². The van der Waals surface area contributed by atoms with E-state index in [0.29, 0.717) is 65.2 Å². The van der Waals surface area contributed by atoms with Gasteiger partial charge < -0.3 is 24.1 Å². The van der Waals surface area contributed by atoms with E-state index in [1.54, 1.807) is 18.6 Å². The summed E-state index contributed by atoms with van der Waals surface area (Å²) < 4.78 is 24.3. The van der Waals surface area contributed by atoms with Gasteiger partial charge in [0.05, 0.1) is 44.6 Å². The molecule has 0 bridgehead atoms. The van der Waals surface area contributed by atoms with E-state index in [9.17, 15) is 0 Å². The molecule has 47 heavy (non-hydrogen) atoms. The molecule has 1 aliphatic carbocycles. The Morgan fingerprint density at radius 2 is 1.87 bits per heavy atom. The average molecular weight is 654 g/mol. The van der Waals surface area contributed by atoms with Crippen LogP contribution < -0.4 is 10.1 Å². The number of aromatic nitrogens is 8. The molecule has 2 fully saturated rings. The minimum Gasteiger partial charge on any atom is -0.451 e. The average Bonchev–Trinajstić information content (AvgIpc) is 3.36. The van der Waals surface area contributed by atoms with Crippen LogP contribution in [0.15, 0.2) is 61.2 Å². The van der Waals surface area contributed by atoms with Gasteiger partial charge in [0.1, 0.15) is 28.5 Å². The van der Waals surface area contributed by atoms with Crippen molar-refractivity contribution in [2.45, 2.75) is 63.7 Å². The van der Waals surface area contributed by atoms with Gasteiger partial charge >= 0.3 is 0 Å². The Morgan fingerprint density at radius 1 is 1.04 bits per heavy atom. The van der Waals surface area contributed by atoms with Crippen LogP contribution in [-0.2, 0) is 28.5 Å². The molecule has 0 spiro atoms. The molecule has 6 heterocycles. The van der Waals surface area contributed by atoms with Gasteiger partial charge in [-0.1, -0.05) is 62.7 Å². The first kappa shape index (κ1) is 29.9. The molecule has 2 aliphatic rings. The smallest absolute Gasteiger partial charge is 0.210 e. The van der Waals surface area contributed by atoms with Crippen molar-refractivity contribution in [3.63, 3.8) is 0 Å². The maximum Gasteiger partial charge on any atom is 0.210 e. The second-order valence-electron chi connectivity index (χ2n) is 13.3. The fourth-order valence-corrected chi connectivity index (χ4v) is 6.37. The summed E-state index contributed by atoms with van der Waals surface area (Å²) in [7, 11) is 1.88. The van der Waals surface area contributed by atoms with Crippen molar-refractivity contribution in [2.24, 2.45) is 7.05 Å². The highest BCUT2D eigenvalue weighted by Crippen LogP contribution is 2.40. The number of ether oxygens (including phenoxy) is 3. The van der Waals surface area contributed by atoms with Gasteiger partial charge in [-0.15, -0.1) is 0 Å². The topological polar surface area (TPSA) is 118 Å². The Hall–Kier alpha value is -4.52. The molecule has 12 nitrogen and oxygen atoms in total. The third-order valence-electron chi connectivity index (χ3n) is 8.73. The molecule has 1 saturated heterocycles. The van der Waals surface area contributed by atoms with Gasteiger partial charge in [-0.3, -0.25) is 9.08 Å². The van der Waals surface area contributed by atoms with Crippen LogP contribution in [0.2, 0.25) is 5.02 Å². The maximum absolute atomic E-state index is 6.93. The summed E-state index contributed by atoms with van der Waals surface area (Å²) in [5.74, 6) is 3.64. The number of fused-ring (bicyclic) bond motifs is 2. The van der Waals surface area contributed by atoms with Crippen molar-refractivity contribution in [2.75, 3.05) is 18.5 Å². The number of benzene rings is 1. The lowest BCUT2D eigenvalue weighted by Gasteiger charge is -2.26. The summed E-state index contributed by atoms with van der Waals surface area (Å²) in [4.78, 5) is 18.4. The normalized spacial score (nSPS) is 18.4. The molecule has 1 saturated carbocycles. The molecule has 8 rings (SSSR count). The number of nitrogens with zero attached hydrogens (tertiary/aromatic N) is 8. The number of imidazole rings is 2. The summed E-state index contributed by atoms with van der Waals surface area (Å²) in [5.41, 5.74) is 3.91. The Morgan fingerprint density at radius 3 is 2.66 bits per heavy atom. The molecule has 2 atom stereocenters. The quantitative estimate of drug-likeness (QED) is 0.181. The van der Waals surface area contributed by atoms with E-state index in [4.69, 9.17) is 35.9 Å². The lowest BCUT2D eigenvalue weighted by Crippen LogP contribution is -2.30. The molecule has 1 N–H and O–H groups in total. The van der Waals surface area contributed by atoms with Crippen LogP contribution in [0.25, 0.3) is 16.8 Å². The molecule has 6 aromatic rings. The van der Waals surface area contributed by atoms with Crippen molar-refractivity contribution in [3.8, 4) is 11.5 Å². The summed E-state index contributed by atoms with van der Waals surface area (Å²) in [6, 6.07) is 12.2. The first-order valence-electron chi connectivity index (χ1n) is 15.8. The molecular formula is C34H36ClN9O3. The number of nitrogens with one attached hydrogen (secondary N) is 1. The molecule has 0 amide bonds. The zero-order valence-corrected chi connectivity index (χ0v) is 27.5. The van der Waals surface area contributed by atoms with Crippen LogP contribution in [0, 0.1) is 0 Å². The zero-order chi connectivity index (χ0) is 32.3. The van der Waals surface area contributed by atoms with Gasteiger partial charge in [0.15, 0.2) is 28.6 Å². The lowest BCUT2D eigenvalue weighted by molar-refractivity contribution is 0.0143. The highest BCUT2D eigenvalue weighted by atomic mass is 35.5. The SMILES string of the molecule is Cn1c(Nc2cc(C(C)(C)C)n(C3COC[C@H]3OCc3ccccc3)n2)nc2ncc(Oc3cnc4cnc(C5CC5)n4c3)c(Cl)c21. The number of aryl methyl sites for hydroxylation is 1. The largest absolute Gasteiger partial charge is 0.451 e. The second kappa shape index (κ2) is 11.6.